The molecule has 1 aromatic heterocycles. The molecule has 0 aliphatic carbocycles. The maximum Gasteiger partial charge on any atom is 0.249 e. The highest BCUT2D eigenvalue weighted by Crippen LogP contribution is 2.27. The standard InChI is InChI=1S/C13H15N5O2/c1-18(10-4-5-11(19)15-13(10)20)12-8-6-7(14)2-3-9(8)16-17-12/h2-3,6,10H,4-5,14H2,1H3,(H,16,17)(H,15,19,20). The molecule has 1 aliphatic heterocycles. The highest BCUT2D eigenvalue weighted by Gasteiger charge is 2.31. The van der Waals surface area contributed by atoms with Gasteiger partial charge >= 0.3 is 0 Å². The fourth-order valence-corrected chi connectivity index (χ4v) is 2.49. The zero-order valence-electron chi connectivity index (χ0n) is 11.0. The lowest BCUT2D eigenvalue weighted by Gasteiger charge is -2.29. The first kappa shape index (κ1) is 12.5. The number of piperidine rings is 1. The number of aromatic amines is 1. The van der Waals surface area contributed by atoms with E-state index in [0.29, 0.717) is 24.3 Å². The third kappa shape index (κ3) is 1.97. The number of nitrogens with two attached hydrogens (primary N) is 1. The van der Waals surface area contributed by atoms with Crippen molar-refractivity contribution in [2.24, 2.45) is 0 Å². The molecule has 7 nitrogen and oxygen atoms in total. The van der Waals surface area contributed by atoms with Gasteiger partial charge in [-0.05, 0) is 24.6 Å². The number of fused-ring (bicyclic) bond motifs is 1. The van der Waals surface area contributed by atoms with Crippen LogP contribution >= 0.6 is 0 Å². The molecule has 2 heterocycles. The second-order valence-electron chi connectivity index (χ2n) is 4.93. The molecule has 2 aromatic rings. The molecule has 1 atom stereocenters. The first-order valence-electron chi connectivity index (χ1n) is 6.36. The van der Waals surface area contributed by atoms with E-state index in [1.807, 2.05) is 12.1 Å². The number of aromatic nitrogens is 2. The first-order chi connectivity index (χ1) is 9.56. The topological polar surface area (TPSA) is 104 Å². The van der Waals surface area contributed by atoms with Crippen LogP contribution in [0.25, 0.3) is 10.9 Å². The Labute approximate surface area is 115 Å². The number of rotatable bonds is 2. The average molecular weight is 273 g/mol. The molecule has 2 amide bonds. The van der Waals surface area contributed by atoms with Crippen molar-refractivity contribution in [2.75, 3.05) is 17.7 Å². The first-order valence-corrected chi connectivity index (χ1v) is 6.36. The van der Waals surface area contributed by atoms with Gasteiger partial charge in [-0.2, -0.15) is 5.10 Å². The van der Waals surface area contributed by atoms with E-state index >= 15 is 0 Å². The zero-order chi connectivity index (χ0) is 14.3. The van der Waals surface area contributed by atoms with Crippen molar-refractivity contribution in [3.63, 3.8) is 0 Å². The minimum absolute atomic E-state index is 0.226. The van der Waals surface area contributed by atoms with Gasteiger partial charge in [-0.1, -0.05) is 0 Å². The van der Waals surface area contributed by atoms with E-state index in [4.69, 9.17) is 5.73 Å². The number of carbonyl (C=O) groups excluding carboxylic acids is 2. The van der Waals surface area contributed by atoms with Crippen LogP contribution in [0.3, 0.4) is 0 Å². The number of carbonyl (C=O) groups is 2. The summed E-state index contributed by atoms with van der Waals surface area (Å²) in [6.07, 6.45) is 0.822. The lowest BCUT2D eigenvalue weighted by atomic mass is 10.0. The normalized spacial score (nSPS) is 19.1. The van der Waals surface area contributed by atoms with Gasteiger partial charge in [0.15, 0.2) is 5.82 Å². The molecule has 7 heteroatoms. The second-order valence-corrected chi connectivity index (χ2v) is 4.93. The predicted molar refractivity (Wildman–Crippen MR) is 75.1 cm³/mol. The summed E-state index contributed by atoms with van der Waals surface area (Å²) >= 11 is 0. The summed E-state index contributed by atoms with van der Waals surface area (Å²) in [5.74, 6) is 0.140. The molecule has 104 valence electrons. The average Bonchev–Trinajstić information content (AvgIpc) is 2.81. The Balaban J connectivity index is 1.96. The summed E-state index contributed by atoms with van der Waals surface area (Å²) in [7, 11) is 1.79. The van der Waals surface area contributed by atoms with Crippen molar-refractivity contribution in [3.8, 4) is 0 Å². The molecule has 3 rings (SSSR count). The van der Waals surface area contributed by atoms with Gasteiger partial charge in [0.2, 0.25) is 11.8 Å². The van der Waals surface area contributed by atoms with Gasteiger partial charge in [0.05, 0.1) is 5.52 Å². The van der Waals surface area contributed by atoms with Crippen LogP contribution in [0, 0.1) is 0 Å². The van der Waals surface area contributed by atoms with Crippen LogP contribution in [0.1, 0.15) is 12.8 Å². The van der Waals surface area contributed by atoms with Crippen molar-refractivity contribution in [3.05, 3.63) is 18.2 Å². The van der Waals surface area contributed by atoms with E-state index in [0.717, 1.165) is 10.9 Å². The maximum atomic E-state index is 11.9. The van der Waals surface area contributed by atoms with Gasteiger partial charge in [0.25, 0.3) is 0 Å². The molecule has 1 saturated heterocycles. The Kier molecular flexibility index (Phi) is 2.81. The number of nitrogens with one attached hydrogen (secondary N) is 2. The maximum absolute atomic E-state index is 11.9. The van der Waals surface area contributed by atoms with Crippen LogP contribution in [-0.2, 0) is 9.59 Å². The van der Waals surface area contributed by atoms with E-state index in [1.165, 1.54) is 0 Å². The summed E-state index contributed by atoms with van der Waals surface area (Å²) in [5, 5.41) is 10.4. The molecule has 0 saturated carbocycles. The smallest absolute Gasteiger partial charge is 0.249 e. The highest BCUT2D eigenvalue weighted by atomic mass is 16.2. The van der Waals surface area contributed by atoms with Gasteiger partial charge in [-0.15, -0.1) is 0 Å². The molecular weight excluding hydrogens is 258 g/mol. The molecule has 1 aliphatic rings. The largest absolute Gasteiger partial charge is 0.399 e. The number of hydrogen-bond acceptors (Lipinski definition) is 5. The summed E-state index contributed by atoms with van der Waals surface area (Å²) in [5.41, 5.74) is 7.28. The van der Waals surface area contributed by atoms with Crippen molar-refractivity contribution in [1.82, 2.24) is 15.5 Å². The minimum Gasteiger partial charge on any atom is -0.399 e. The number of nitrogens with zero attached hydrogens (tertiary/aromatic N) is 2. The van der Waals surface area contributed by atoms with Crippen LogP contribution in [-0.4, -0.2) is 35.1 Å². The van der Waals surface area contributed by atoms with Crippen LogP contribution in [0.2, 0.25) is 0 Å². The van der Waals surface area contributed by atoms with Crippen LogP contribution in [0.5, 0.6) is 0 Å². The quantitative estimate of drug-likeness (QED) is 0.542. The second kappa shape index (κ2) is 4.52. The Morgan fingerprint density at radius 3 is 2.95 bits per heavy atom. The summed E-state index contributed by atoms with van der Waals surface area (Å²) < 4.78 is 0. The highest BCUT2D eigenvalue weighted by molar-refractivity contribution is 6.02. The monoisotopic (exact) mass is 273 g/mol. The number of hydrogen-bond donors (Lipinski definition) is 3. The SMILES string of the molecule is CN(c1n[nH]c2ccc(N)cc12)C1CCC(=O)NC1=O. The fourth-order valence-electron chi connectivity index (χ4n) is 2.49. The third-order valence-corrected chi connectivity index (χ3v) is 3.58. The Morgan fingerprint density at radius 1 is 1.40 bits per heavy atom. The molecular formula is C13H15N5O2. The van der Waals surface area contributed by atoms with Crippen molar-refractivity contribution in [1.29, 1.82) is 0 Å². The number of likely N-dealkylation sites (N-methyl/N-ethyl adjacent to an activating group) is 1. The fraction of sp³-hybridized carbons (Fsp3) is 0.308. The van der Waals surface area contributed by atoms with E-state index < -0.39 is 6.04 Å². The number of imide groups is 1. The van der Waals surface area contributed by atoms with Crippen molar-refractivity contribution < 1.29 is 9.59 Å². The van der Waals surface area contributed by atoms with E-state index in [-0.39, 0.29) is 11.8 Å². The molecule has 1 fully saturated rings. The molecule has 0 radical (unpaired) electrons. The number of anilines is 2. The predicted octanol–water partition coefficient (Wildman–Crippen LogP) is 0.386. The lowest BCUT2D eigenvalue weighted by molar-refractivity contribution is -0.134. The number of nitrogen functional groups attached to an aromatic ring is 1. The molecule has 1 unspecified atom stereocenters. The van der Waals surface area contributed by atoms with Crippen molar-refractivity contribution in [2.45, 2.75) is 18.9 Å². The van der Waals surface area contributed by atoms with Gasteiger partial charge in [-0.3, -0.25) is 20.0 Å². The molecule has 1 aromatic carbocycles. The minimum atomic E-state index is -0.402. The van der Waals surface area contributed by atoms with Crippen LogP contribution in [0.15, 0.2) is 18.2 Å². The Morgan fingerprint density at radius 2 is 2.20 bits per heavy atom. The van der Waals surface area contributed by atoms with E-state index in [1.54, 1.807) is 18.0 Å². The van der Waals surface area contributed by atoms with Gasteiger partial charge in [0.1, 0.15) is 6.04 Å². The third-order valence-electron chi connectivity index (χ3n) is 3.58. The summed E-state index contributed by atoms with van der Waals surface area (Å²) in [6, 6.07) is 5.05. The van der Waals surface area contributed by atoms with Gasteiger partial charge in [-0.25, -0.2) is 0 Å². The molecule has 0 spiro atoms. The van der Waals surface area contributed by atoms with E-state index in [2.05, 4.69) is 15.5 Å². The van der Waals surface area contributed by atoms with Crippen LogP contribution < -0.4 is 16.0 Å². The summed E-state index contributed by atoms with van der Waals surface area (Å²) in [4.78, 5) is 24.9. The zero-order valence-corrected chi connectivity index (χ0v) is 11.0. The Hall–Kier alpha value is -2.57. The van der Waals surface area contributed by atoms with Gasteiger partial charge < -0.3 is 10.6 Å². The van der Waals surface area contributed by atoms with E-state index in [9.17, 15) is 9.59 Å². The van der Waals surface area contributed by atoms with Gasteiger partial charge in [0, 0.05) is 24.5 Å². The molecule has 4 N–H and O–H groups in total. The summed E-state index contributed by atoms with van der Waals surface area (Å²) in [6.45, 7) is 0. The molecule has 0 bridgehead atoms. The number of H-pyrrole nitrogens is 1. The molecule has 20 heavy (non-hydrogen) atoms. The number of amides is 2. The van der Waals surface area contributed by atoms with Crippen molar-refractivity contribution >= 4 is 34.2 Å². The number of benzene rings is 1. The Bertz CT molecular complexity index is 693. The lowest BCUT2D eigenvalue weighted by Crippen LogP contribution is -2.51. The van der Waals surface area contributed by atoms with Crippen LogP contribution in [0.4, 0.5) is 11.5 Å².